The molecule has 0 heterocycles. The SMILES string of the molecule is CC/C=C\C/C=C\C/C=C\C/C=C\C/C=C\C/C=C\C/C=C\C/C=C\CCCCCCCCC(=O)OCC(COC(=O)CCCCCCCCC)OC(=O)CCCCCCCCC. The highest BCUT2D eigenvalue weighted by Crippen LogP contribution is 2.13. The van der Waals surface area contributed by atoms with E-state index < -0.39 is 6.10 Å². The summed E-state index contributed by atoms with van der Waals surface area (Å²) in [6.07, 6.45) is 67.2. The maximum Gasteiger partial charge on any atom is 0.306 e. The predicted octanol–water partition coefficient (Wildman–Crippen LogP) is 17.0. The molecule has 0 saturated heterocycles. The van der Waals surface area contributed by atoms with Crippen LogP contribution in [0, 0.1) is 0 Å². The van der Waals surface area contributed by atoms with Crippen LogP contribution in [0.1, 0.15) is 226 Å². The Kier molecular flexibility index (Phi) is 48.0. The summed E-state index contributed by atoms with van der Waals surface area (Å²) in [5.74, 6) is -0.915. The zero-order valence-electron chi connectivity index (χ0n) is 40.8. The van der Waals surface area contributed by atoms with Gasteiger partial charge in [-0.2, -0.15) is 0 Å². The summed E-state index contributed by atoms with van der Waals surface area (Å²) >= 11 is 0. The normalized spacial score (nSPS) is 12.9. The lowest BCUT2D eigenvalue weighted by atomic mass is 10.1. The molecule has 0 radical (unpaired) electrons. The Labute approximate surface area is 387 Å². The summed E-state index contributed by atoms with van der Waals surface area (Å²) in [5, 5.41) is 0. The zero-order chi connectivity index (χ0) is 45.8. The second-order valence-electron chi connectivity index (χ2n) is 16.7. The first-order valence-electron chi connectivity index (χ1n) is 25.7. The third-order valence-corrected chi connectivity index (χ3v) is 10.6. The van der Waals surface area contributed by atoms with Crippen LogP contribution in [-0.4, -0.2) is 37.2 Å². The average Bonchev–Trinajstić information content (AvgIpc) is 3.28. The van der Waals surface area contributed by atoms with E-state index in [1.807, 2.05) is 0 Å². The molecule has 358 valence electrons. The standard InChI is InChI=1S/C57H94O6/c1-4-7-10-13-16-17-18-19-20-21-22-23-24-25-26-27-28-29-30-31-32-33-34-35-36-37-38-39-42-44-47-50-56(59)62-53-54(63-57(60)51-48-45-41-15-12-9-6-3)52-61-55(58)49-46-43-40-14-11-8-5-2/h7,10,16-17,19-20,22-23,25-26,28-29,31-32,34-35,54H,4-6,8-9,11-15,18,21,24,27,30,33,36-53H2,1-3H3/b10-7-,17-16-,20-19-,23-22-,26-25-,29-28-,32-31-,35-34-. The molecule has 0 saturated carbocycles. The summed E-state index contributed by atoms with van der Waals surface area (Å²) in [6, 6.07) is 0. The van der Waals surface area contributed by atoms with Crippen molar-refractivity contribution in [3.63, 3.8) is 0 Å². The van der Waals surface area contributed by atoms with Gasteiger partial charge in [0.2, 0.25) is 0 Å². The molecule has 0 bridgehead atoms. The molecule has 0 aliphatic heterocycles. The van der Waals surface area contributed by atoms with Crippen LogP contribution in [0.2, 0.25) is 0 Å². The summed E-state index contributed by atoms with van der Waals surface area (Å²) in [4.78, 5) is 37.5. The van der Waals surface area contributed by atoms with E-state index in [2.05, 4.69) is 118 Å². The minimum Gasteiger partial charge on any atom is -0.462 e. The fourth-order valence-electron chi connectivity index (χ4n) is 6.75. The number of esters is 3. The van der Waals surface area contributed by atoms with Crippen molar-refractivity contribution in [1.82, 2.24) is 0 Å². The first kappa shape index (κ1) is 59.3. The van der Waals surface area contributed by atoms with E-state index in [0.717, 1.165) is 122 Å². The highest BCUT2D eigenvalue weighted by atomic mass is 16.6. The van der Waals surface area contributed by atoms with Gasteiger partial charge in [0.05, 0.1) is 0 Å². The highest BCUT2D eigenvalue weighted by Gasteiger charge is 2.19. The Hall–Kier alpha value is -3.67. The van der Waals surface area contributed by atoms with Crippen molar-refractivity contribution in [1.29, 1.82) is 0 Å². The third-order valence-electron chi connectivity index (χ3n) is 10.6. The van der Waals surface area contributed by atoms with Crippen molar-refractivity contribution in [2.45, 2.75) is 232 Å². The average molecular weight is 875 g/mol. The predicted molar refractivity (Wildman–Crippen MR) is 270 cm³/mol. The van der Waals surface area contributed by atoms with Crippen molar-refractivity contribution >= 4 is 17.9 Å². The first-order chi connectivity index (χ1) is 31.0. The van der Waals surface area contributed by atoms with Gasteiger partial charge in [0.1, 0.15) is 13.2 Å². The van der Waals surface area contributed by atoms with Gasteiger partial charge in [0, 0.05) is 19.3 Å². The molecule has 0 aromatic rings. The second kappa shape index (κ2) is 51.0. The van der Waals surface area contributed by atoms with Gasteiger partial charge in [0.25, 0.3) is 0 Å². The second-order valence-corrected chi connectivity index (χ2v) is 16.7. The molecule has 0 aliphatic carbocycles. The molecule has 0 rings (SSSR count). The number of hydrogen-bond acceptors (Lipinski definition) is 6. The van der Waals surface area contributed by atoms with Gasteiger partial charge in [-0.3, -0.25) is 14.4 Å². The van der Waals surface area contributed by atoms with Crippen molar-refractivity contribution in [2.24, 2.45) is 0 Å². The fourth-order valence-corrected chi connectivity index (χ4v) is 6.75. The van der Waals surface area contributed by atoms with Gasteiger partial charge in [-0.05, 0) is 83.5 Å². The minimum atomic E-state index is -0.776. The molecule has 6 heteroatoms. The molecule has 0 N–H and O–H groups in total. The lowest BCUT2D eigenvalue weighted by Gasteiger charge is -2.18. The summed E-state index contributed by atoms with van der Waals surface area (Å²) in [6.45, 7) is 6.40. The van der Waals surface area contributed by atoms with E-state index >= 15 is 0 Å². The van der Waals surface area contributed by atoms with Crippen molar-refractivity contribution in [3.8, 4) is 0 Å². The van der Waals surface area contributed by atoms with Crippen molar-refractivity contribution in [3.05, 3.63) is 97.2 Å². The van der Waals surface area contributed by atoms with Gasteiger partial charge in [-0.1, -0.05) is 221 Å². The number of allylic oxidation sites excluding steroid dienone is 16. The van der Waals surface area contributed by atoms with E-state index in [4.69, 9.17) is 14.2 Å². The van der Waals surface area contributed by atoms with Crippen molar-refractivity contribution in [2.75, 3.05) is 13.2 Å². The van der Waals surface area contributed by atoms with Gasteiger partial charge in [-0.25, -0.2) is 0 Å². The van der Waals surface area contributed by atoms with Crippen LogP contribution in [0.15, 0.2) is 97.2 Å². The Morgan fingerprint density at radius 2 is 0.619 bits per heavy atom. The van der Waals surface area contributed by atoms with Crippen LogP contribution in [0.5, 0.6) is 0 Å². The Morgan fingerprint density at radius 1 is 0.333 bits per heavy atom. The number of carbonyl (C=O) groups is 3. The largest absolute Gasteiger partial charge is 0.462 e. The van der Waals surface area contributed by atoms with Gasteiger partial charge in [-0.15, -0.1) is 0 Å². The smallest absolute Gasteiger partial charge is 0.306 e. The Bertz CT molecular complexity index is 1280. The quantitative estimate of drug-likeness (QED) is 0.0262. The summed E-state index contributed by atoms with van der Waals surface area (Å²) in [5.41, 5.74) is 0. The minimum absolute atomic E-state index is 0.0810. The van der Waals surface area contributed by atoms with Gasteiger partial charge in [0.15, 0.2) is 6.10 Å². The van der Waals surface area contributed by atoms with E-state index in [1.165, 1.54) is 64.2 Å². The molecule has 6 nitrogen and oxygen atoms in total. The molecule has 0 aliphatic rings. The van der Waals surface area contributed by atoms with Crippen LogP contribution >= 0.6 is 0 Å². The Morgan fingerprint density at radius 3 is 0.968 bits per heavy atom. The van der Waals surface area contributed by atoms with E-state index in [9.17, 15) is 14.4 Å². The summed E-state index contributed by atoms with van der Waals surface area (Å²) < 4.78 is 16.6. The van der Waals surface area contributed by atoms with Crippen LogP contribution < -0.4 is 0 Å². The number of rotatable bonds is 45. The van der Waals surface area contributed by atoms with Crippen LogP contribution in [0.4, 0.5) is 0 Å². The van der Waals surface area contributed by atoms with Gasteiger partial charge >= 0.3 is 17.9 Å². The molecule has 1 atom stereocenters. The molecular formula is C57H94O6. The molecule has 0 aromatic heterocycles. The van der Waals surface area contributed by atoms with E-state index in [1.54, 1.807) is 0 Å². The van der Waals surface area contributed by atoms with Crippen LogP contribution in [-0.2, 0) is 28.6 Å². The maximum absolute atomic E-state index is 12.6. The topological polar surface area (TPSA) is 78.9 Å². The summed E-state index contributed by atoms with van der Waals surface area (Å²) in [7, 11) is 0. The molecule has 0 aromatic carbocycles. The molecule has 0 fully saturated rings. The zero-order valence-corrected chi connectivity index (χ0v) is 40.8. The number of ether oxygens (including phenoxy) is 3. The number of unbranched alkanes of at least 4 members (excludes halogenated alkanes) is 18. The number of carbonyl (C=O) groups excluding carboxylic acids is 3. The highest BCUT2D eigenvalue weighted by molar-refractivity contribution is 5.71. The first-order valence-corrected chi connectivity index (χ1v) is 25.7. The van der Waals surface area contributed by atoms with E-state index in [-0.39, 0.29) is 31.1 Å². The third kappa shape index (κ3) is 49.2. The number of hydrogen-bond donors (Lipinski definition) is 0. The monoisotopic (exact) mass is 875 g/mol. The lowest BCUT2D eigenvalue weighted by Crippen LogP contribution is -2.30. The Balaban J connectivity index is 4.07. The molecule has 0 spiro atoms. The van der Waals surface area contributed by atoms with Crippen molar-refractivity contribution < 1.29 is 28.6 Å². The van der Waals surface area contributed by atoms with Crippen LogP contribution in [0.3, 0.4) is 0 Å². The van der Waals surface area contributed by atoms with E-state index in [0.29, 0.717) is 19.3 Å². The maximum atomic E-state index is 12.6. The molecule has 0 amide bonds. The lowest BCUT2D eigenvalue weighted by molar-refractivity contribution is -0.167. The van der Waals surface area contributed by atoms with Gasteiger partial charge < -0.3 is 14.2 Å². The molecule has 63 heavy (non-hydrogen) atoms. The molecular weight excluding hydrogens is 781 g/mol. The molecule has 1 unspecified atom stereocenters. The van der Waals surface area contributed by atoms with Crippen LogP contribution in [0.25, 0.3) is 0 Å². The fraction of sp³-hybridized carbons (Fsp3) is 0.667.